The second-order valence-corrected chi connectivity index (χ2v) is 2.72. The molecule has 0 aromatic heterocycles. The lowest BCUT2D eigenvalue weighted by Gasteiger charge is -1.84. The monoisotopic (exact) mass is 146 g/mol. The number of hydrogen-bond donors (Lipinski definition) is 0. The van der Waals surface area contributed by atoms with Crippen molar-refractivity contribution in [3.8, 4) is 0 Å². The van der Waals surface area contributed by atoms with Gasteiger partial charge in [0.2, 0.25) is 4.38 Å². The van der Waals surface area contributed by atoms with Crippen molar-refractivity contribution in [2.45, 2.75) is 0 Å². The molecular weight excluding hydrogens is 140 g/mol. The maximum atomic E-state index is 6.35. The van der Waals surface area contributed by atoms with E-state index in [1.54, 1.807) is 0 Å². The molecule has 0 saturated carbocycles. The zero-order valence-electron chi connectivity index (χ0n) is 4.71. The summed E-state index contributed by atoms with van der Waals surface area (Å²) >= 11 is 2.99. The molecule has 0 aromatic rings. The quantitative estimate of drug-likeness (QED) is 0.225. The summed E-state index contributed by atoms with van der Waals surface area (Å²) in [4.78, 5) is 2.87. The van der Waals surface area contributed by atoms with Crippen LogP contribution in [0.5, 0.6) is 0 Å². The van der Waals surface area contributed by atoms with E-state index in [4.69, 9.17) is 6.57 Å². The molecule has 44 valence electrons. The van der Waals surface area contributed by atoms with Gasteiger partial charge < -0.3 is 0 Å². The Bertz CT molecular complexity index is 118. The van der Waals surface area contributed by atoms with Crippen LogP contribution in [-0.2, 0) is 0 Å². The molecule has 0 amide bonds. The van der Waals surface area contributed by atoms with Gasteiger partial charge in [0.05, 0.1) is 0 Å². The van der Waals surface area contributed by atoms with Crippen LogP contribution in [0.1, 0.15) is 0 Å². The Morgan fingerprint density at radius 2 is 2.00 bits per heavy atom. The number of thioether (sulfide) groups is 2. The molecule has 0 saturated heterocycles. The minimum absolute atomic E-state index is 0.819. The molecule has 0 bridgehead atoms. The van der Waals surface area contributed by atoms with Crippen molar-refractivity contribution >= 4 is 27.9 Å². The van der Waals surface area contributed by atoms with E-state index in [1.165, 1.54) is 23.5 Å². The van der Waals surface area contributed by atoms with Crippen molar-refractivity contribution in [3.63, 3.8) is 0 Å². The minimum atomic E-state index is 0.819. The molecule has 0 aromatic carbocycles. The zero-order chi connectivity index (χ0) is 6.41. The van der Waals surface area contributed by atoms with Gasteiger partial charge >= 0.3 is 0 Å². The first-order valence-corrected chi connectivity index (χ1v) is 4.32. The van der Waals surface area contributed by atoms with E-state index in [0.717, 1.165) is 4.38 Å². The molecule has 0 aliphatic rings. The Balaban J connectivity index is 3.72. The first-order chi connectivity index (χ1) is 3.85. The maximum absolute atomic E-state index is 6.35. The summed E-state index contributed by atoms with van der Waals surface area (Å²) in [5.41, 5.74) is 0. The fraction of sp³-hybridized carbons (Fsp3) is 0.500. The van der Waals surface area contributed by atoms with Gasteiger partial charge in [0, 0.05) is 0 Å². The average Bonchev–Trinajstić information content (AvgIpc) is 1.83. The van der Waals surface area contributed by atoms with E-state index < -0.39 is 0 Å². The smallest absolute Gasteiger partial charge is 0.181 e. The highest BCUT2D eigenvalue weighted by Crippen LogP contribution is 2.09. The third-order valence-electron chi connectivity index (χ3n) is 0.481. The normalized spacial score (nSPS) is 7.62. The van der Waals surface area contributed by atoms with Crippen LogP contribution in [0.25, 0.3) is 4.95 Å². The molecule has 0 aliphatic heterocycles. The van der Waals surface area contributed by atoms with Crippen LogP contribution in [0.2, 0.25) is 0 Å². The molecule has 0 N–H and O–H groups in total. The van der Waals surface area contributed by atoms with E-state index in [0.29, 0.717) is 0 Å². The van der Waals surface area contributed by atoms with Gasteiger partial charge in [-0.05, 0) is 12.5 Å². The molecule has 0 rings (SSSR count). The second-order valence-electron chi connectivity index (χ2n) is 0.874. The highest BCUT2D eigenvalue weighted by molar-refractivity contribution is 8.38. The predicted molar refractivity (Wildman–Crippen MR) is 41.1 cm³/mol. The summed E-state index contributed by atoms with van der Waals surface area (Å²) in [6.45, 7) is 6.35. The molecule has 0 spiro atoms. The van der Waals surface area contributed by atoms with Crippen LogP contribution in [-0.4, -0.2) is 16.9 Å². The van der Waals surface area contributed by atoms with E-state index >= 15 is 0 Å². The minimum Gasteiger partial charge on any atom is -0.181 e. The maximum Gasteiger partial charge on any atom is 0.212 e. The lowest BCUT2D eigenvalue weighted by Crippen LogP contribution is -1.76. The van der Waals surface area contributed by atoms with E-state index in [-0.39, 0.29) is 0 Å². The van der Waals surface area contributed by atoms with Crippen molar-refractivity contribution in [2.24, 2.45) is 5.10 Å². The van der Waals surface area contributed by atoms with Crippen LogP contribution in [0.4, 0.5) is 0 Å². The zero-order valence-corrected chi connectivity index (χ0v) is 6.34. The van der Waals surface area contributed by atoms with Crippen molar-refractivity contribution in [1.29, 1.82) is 0 Å². The largest absolute Gasteiger partial charge is 0.212 e. The van der Waals surface area contributed by atoms with Gasteiger partial charge in [0.25, 0.3) is 0 Å². The van der Waals surface area contributed by atoms with Gasteiger partial charge in [-0.3, -0.25) is 0 Å². The van der Waals surface area contributed by atoms with Gasteiger partial charge in [0.15, 0.2) is 0 Å². The number of nitrogens with zero attached hydrogens (tertiary/aromatic N) is 2. The second kappa shape index (κ2) is 5.01. The van der Waals surface area contributed by atoms with Crippen LogP contribution in [0.3, 0.4) is 0 Å². The summed E-state index contributed by atoms with van der Waals surface area (Å²) < 4.78 is 0.819. The van der Waals surface area contributed by atoms with Gasteiger partial charge in [-0.2, -0.15) is 6.57 Å². The van der Waals surface area contributed by atoms with E-state index in [9.17, 15) is 0 Å². The van der Waals surface area contributed by atoms with Crippen LogP contribution in [0, 0.1) is 6.57 Å². The number of hydrogen-bond acceptors (Lipinski definition) is 3. The van der Waals surface area contributed by atoms with Gasteiger partial charge in [0.1, 0.15) is 5.10 Å². The third kappa shape index (κ3) is 2.94. The van der Waals surface area contributed by atoms with Gasteiger partial charge in [-0.25, -0.2) is 0 Å². The molecule has 0 aliphatic carbocycles. The lowest BCUT2D eigenvalue weighted by molar-refractivity contribution is 1.61. The van der Waals surface area contributed by atoms with Crippen LogP contribution in [0.15, 0.2) is 5.10 Å². The first-order valence-electron chi connectivity index (χ1n) is 1.87. The van der Waals surface area contributed by atoms with Gasteiger partial charge in [-0.15, -0.1) is 4.95 Å². The fourth-order valence-corrected chi connectivity index (χ4v) is 1.12. The van der Waals surface area contributed by atoms with Crippen LogP contribution < -0.4 is 0 Å². The Morgan fingerprint density at radius 1 is 1.50 bits per heavy atom. The summed E-state index contributed by atoms with van der Waals surface area (Å²) in [5, 5.41) is 3.50. The first kappa shape index (κ1) is 7.86. The average molecular weight is 146 g/mol. The topological polar surface area (TPSA) is 16.7 Å². The van der Waals surface area contributed by atoms with Crippen molar-refractivity contribution in [2.75, 3.05) is 12.5 Å². The highest BCUT2D eigenvalue weighted by Gasteiger charge is 1.93. The Labute approximate surface area is 57.5 Å². The molecule has 0 unspecified atom stereocenters. The van der Waals surface area contributed by atoms with Crippen molar-refractivity contribution < 1.29 is 0 Å². The predicted octanol–water partition coefficient (Wildman–Crippen LogP) is 1.90. The molecule has 0 radical (unpaired) electrons. The molecule has 0 atom stereocenters. The third-order valence-corrected chi connectivity index (χ3v) is 2.34. The molecular formula is C4H6N2S2. The summed E-state index contributed by atoms with van der Waals surface area (Å²) in [6.07, 6.45) is 3.81. The van der Waals surface area contributed by atoms with Crippen LogP contribution >= 0.6 is 23.5 Å². The molecule has 4 heteroatoms. The standard InChI is InChI=1S/C4H6N2S2/c1-5-6-4(7-2)8-3/h2-3H3. The summed E-state index contributed by atoms with van der Waals surface area (Å²) in [5.74, 6) is 0. The van der Waals surface area contributed by atoms with Crippen molar-refractivity contribution in [3.05, 3.63) is 11.5 Å². The Kier molecular flexibility index (Phi) is 4.92. The number of rotatable bonds is 0. The van der Waals surface area contributed by atoms with Gasteiger partial charge in [-0.1, -0.05) is 23.5 Å². The molecule has 2 nitrogen and oxygen atoms in total. The van der Waals surface area contributed by atoms with E-state index in [1.807, 2.05) is 12.5 Å². The molecule has 0 fully saturated rings. The van der Waals surface area contributed by atoms with E-state index in [2.05, 4.69) is 10.1 Å². The summed E-state index contributed by atoms with van der Waals surface area (Å²) in [7, 11) is 0. The SMILES string of the molecule is [C-]#[N+]N=C(SC)SC. The lowest BCUT2D eigenvalue weighted by atomic mass is 11.6. The Hall–Kier alpha value is -0.140. The fourth-order valence-electron chi connectivity index (χ4n) is 0.206. The molecule has 0 heterocycles. The van der Waals surface area contributed by atoms with Crippen molar-refractivity contribution in [1.82, 2.24) is 0 Å². The Morgan fingerprint density at radius 3 is 2.12 bits per heavy atom. The summed E-state index contributed by atoms with van der Waals surface area (Å²) in [6, 6.07) is 0. The molecule has 8 heavy (non-hydrogen) atoms. The highest BCUT2D eigenvalue weighted by atomic mass is 32.2.